The van der Waals surface area contributed by atoms with Crippen molar-refractivity contribution in [3.05, 3.63) is 34.6 Å². The number of rotatable bonds is 1. The number of carbonyl (C=O) groups is 1. The Morgan fingerprint density at radius 3 is 2.93 bits per heavy atom. The fraction of sp³-hybridized carbons (Fsp3) is 0.222. The van der Waals surface area contributed by atoms with E-state index in [9.17, 15) is 9.18 Å². The predicted molar refractivity (Wildman–Crippen MR) is 48.6 cm³/mol. The molecule has 74 valence electrons. The van der Waals surface area contributed by atoms with Crippen molar-refractivity contribution in [2.24, 2.45) is 0 Å². The van der Waals surface area contributed by atoms with Crippen LogP contribution in [0, 0.1) is 5.82 Å². The van der Waals surface area contributed by atoms with E-state index in [-0.39, 0.29) is 12.6 Å². The van der Waals surface area contributed by atoms with Crippen LogP contribution < -0.4 is 5.32 Å². The molecule has 0 bridgehead atoms. The van der Waals surface area contributed by atoms with E-state index in [0.717, 1.165) is 0 Å². The fourth-order valence-electron chi connectivity index (χ4n) is 1.34. The summed E-state index contributed by atoms with van der Waals surface area (Å²) < 4.78 is 17.4. The molecule has 2 rings (SSSR count). The second-order valence-corrected chi connectivity index (χ2v) is 3.37. The highest BCUT2D eigenvalue weighted by Gasteiger charge is 2.25. The lowest BCUT2D eigenvalue weighted by Gasteiger charge is -2.09. The fourth-order valence-corrected chi connectivity index (χ4v) is 1.64. The van der Waals surface area contributed by atoms with Gasteiger partial charge in [0, 0.05) is 5.02 Å². The summed E-state index contributed by atoms with van der Waals surface area (Å²) in [5.74, 6) is -0.399. The molecule has 1 aliphatic heterocycles. The molecule has 0 radical (unpaired) electrons. The maximum absolute atomic E-state index is 12.7. The van der Waals surface area contributed by atoms with Crippen LogP contribution in [0.4, 0.5) is 9.18 Å². The Bertz CT molecular complexity index is 383. The van der Waals surface area contributed by atoms with Gasteiger partial charge in [-0.15, -0.1) is 0 Å². The Morgan fingerprint density at radius 2 is 2.36 bits per heavy atom. The van der Waals surface area contributed by atoms with E-state index in [1.165, 1.54) is 18.2 Å². The molecular weight excluding hydrogens is 209 g/mol. The summed E-state index contributed by atoms with van der Waals surface area (Å²) in [7, 11) is 0. The smallest absolute Gasteiger partial charge is 0.407 e. The zero-order valence-electron chi connectivity index (χ0n) is 7.09. The average molecular weight is 216 g/mol. The molecule has 3 nitrogen and oxygen atoms in total. The van der Waals surface area contributed by atoms with Crippen LogP contribution in [0.3, 0.4) is 0 Å². The Hall–Kier alpha value is -1.29. The molecule has 1 aromatic carbocycles. The lowest BCUT2D eigenvalue weighted by molar-refractivity contribution is 0.177. The van der Waals surface area contributed by atoms with Crippen molar-refractivity contribution >= 4 is 17.7 Å². The molecule has 1 aromatic rings. The third-order valence-electron chi connectivity index (χ3n) is 2.01. The topological polar surface area (TPSA) is 38.3 Å². The number of halogens is 2. The molecule has 1 atom stereocenters. The first-order chi connectivity index (χ1) is 6.66. The molecule has 1 saturated heterocycles. The van der Waals surface area contributed by atoms with E-state index >= 15 is 0 Å². The van der Waals surface area contributed by atoms with Crippen molar-refractivity contribution in [1.82, 2.24) is 5.32 Å². The minimum Gasteiger partial charge on any atom is -0.447 e. The molecule has 0 spiro atoms. The van der Waals surface area contributed by atoms with Crippen molar-refractivity contribution in [3.63, 3.8) is 0 Å². The van der Waals surface area contributed by atoms with E-state index in [2.05, 4.69) is 5.32 Å². The van der Waals surface area contributed by atoms with Crippen LogP contribution in [-0.2, 0) is 4.74 Å². The van der Waals surface area contributed by atoms with Crippen LogP contribution in [0.5, 0.6) is 0 Å². The SMILES string of the molecule is O=C1N[C@H](c2ccc(F)cc2Cl)CO1. The Labute approximate surface area is 84.8 Å². The highest BCUT2D eigenvalue weighted by molar-refractivity contribution is 6.31. The quantitative estimate of drug-likeness (QED) is 0.781. The number of cyclic esters (lactones) is 1. The van der Waals surface area contributed by atoms with Crippen molar-refractivity contribution in [3.8, 4) is 0 Å². The Balaban J connectivity index is 2.28. The first kappa shape index (κ1) is 9.27. The molecule has 1 amide bonds. The van der Waals surface area contributed by atoms with Gasteiger partial charge < -0.3 is 10.1 Å². The number of amides is 1. The van der Waals surface area contributed by atoms with Gasteiger partial charge in [0.25, 0.3) is 0 Å². The van der Waals surface area contributed by atoms with E-state index in [4.69, 9.17) is 16.3 Å². The molecule has 5 heteroatoms. The standard InChI is InChI=1S/C9H7ClFNO2/c10-7-3-5(11)1-2-6(7)8-4-14-9(13)12-8/h1-3,8H,4H2,(H,12,13)/t8-/m0/s1. The first-order valence-corrected chi connectivity index (χ1v) is 4.43. The number of alkyl carbamates (subject to hydrolysis) is 1. The molecule has 1 N–H and O–H groups in total. The zero-order chi connectivity index (χ0) is 10.1. The second kappa shape index (κ2) is 3.46. The van der Waals surface area contributed by atoms with Gasteiger partial charge in [0.15, 0.2) is 0 Å². The van der Waals surface area contributed by atoms with Crippen LogP contribution in [0.2, 0.25) is 5.02 Å². The van der Waals surface area contributed by atoms with Crippen LogP contribution in [0.1, 0.15) is 11.6 Å². The van der Waals surface area contributed by atoms with Gasteiger partial charge in [-0.3, -0.25) is 0 Å². The van der Waals surface area contributed by atoms with Crippen molar-refractivity contribution < 1.29 is 13.9 Å². The van der Waals surface area contributed by atoms with Crippen molar-refractivity contribution in [2.75, 3.05) is 6.61 Å². The number of benzene rings is 1. The van der Waals surface area contributed by atoms with Gasteiger partial charge in [-0.1, -0.05) is 17.7 Å². The van der Waals surface area contributed by atoms with E-state index in [1.807, 2.05) is 0 Å². The molecule has 1 fully saturated rings. The number of ether oxygens (including phenoxy) is 1. The lowest BCUT2D eigenvalue weighted by Crippen LogP contribution is -2.18. The van der Waals surface area contributed by atoms with E-state index in [0.29, 0.717) is 10.6 Å². The summed E-state index contributed by atoms with van der Waals surface area (Å²) in [5.41, 5.74) is 0.666. The molecular formula is C9H7ClFNO2. The van der Waals surface area contributed by atoms with Gasteiger partial charge in [0.05, 0.1) is 6.04 Å². The van der Waals surface area contributed by atoms with Gasteiger partial charge in [0.1, 0.15) is 12.4 Å². The molecule has 0 saturated carbocycles. The number of nitrogens with one attached hydrogen (secondary N) is 1. The monoisotopic (exact) mass is 215 g/mol. The molecule has 1 heterocycles. The normalized spacial score (nSPS) is 20.4. The molecule has 14 heavy (non-hydrogen) atoms. The highest BCUT2D eigenvalue weighted by atomic mass is 35.5. The average Bonchev–Trinajstić information content (AvgIpc) is 2.51. The van der Waals surface area contributed by atoms with E-state index in [1.54, 1.807) is 0 Å². The van der Waals surface area contributed by atoms with Crippen LogP contribution in [0.15, 0.2) is 18.2 Å². The van der Waals surface area contributed by atoms with Crippen molar-refractivity contribution in [2.45, 2.75) is 6.04 Å². The molecule has 0 aliphatic carbocycles. The summed E-state index contributed by atoms with van der Waals surface area (Å²) in [6.07, 6.45) is -0.476. The summed E-state index contributed by atoms with van der Waals surface area (Å²) in [4.78, 5) is 10.8. The minimum absolute atomic E-state index is 0.226. The van der Waals surface area contributed by atoms with E-state index < -0.39 is 11.9 Å². The first-order valence-electron chi connectivity index (χ1n) is 4.05. The second-order valence-electron chi connectivity index (χ2n) is 2.96. The number of carbonyl (C=O) groups excluding carboxylic acids is 1. The van der Waals surface area contributed by atoms with Crippen LogP contribution in [-0.4, -0.2) is 12.7 Å². The maximum Gasteiger partial charge on any atom is 0.407 e. The van der Waals surface area contributed by atoms with Crippen LogP contribution >= 0.6 is 11.6 Å². The Kier molecular flexibility index (Phi) is 2.29. The lowest BCUT2D eigenvalue weighted by atomic mass is 10.1. The minimum atomic E-state index is -0.476. The largest absolute Gasteiger partial charge is 0.447 e. The number of hydrogen-bond donors (Lipinski definition) is 1. The van der Waals surface area contributed by atoms with Crippen LogP contribution in [0.25, 0.3) is 0 Å². The number of hydrogen-bond acceptors (Lipinski definition) is 2. The highest BCUT2D eigenvalue weighted by Crippen LogP contribution is 2.26. The van der Waals surface area contributed by atoms with Gasteiger partial charge in [0.2, 0.25) is 0 Å². The Morgan fingerprint density at radius 1 is 1.57 bits per heavy atom. The summed E-state index contributed by atoms with van der Waals surface area (Å²) >= 11 is 5.81. The third kappa shape index (κ3) is 1.65. The van der Waals surface area contributed by atoms with Gasteiger partial charge >= 0.3 is 6.09 Å². The summed E-state index contributed by atoms with van der Waals surface area (Å²) in [6, 6.07) is 3.76. The van der Waals surface area contributed by atoms with Gasteiger partial charge in [-0.2, -0.15) is 0 Å². The zero-order valence-corrected chi connectivity index (χ0v) is 7.84. The van der Waals surface area contributed by atoms with Gasteiger partial charge in [-0.05, 0) is 17.7 Å². The molecule has 0 aromatic heterocycles. The summed E-state index contributed by atoms with van der Waals surface area (Å²) in [6.45, 7) is 0.226. The molecule has 0 unspecified atom stereocenters. The predicted octanol–water partition coefficient (Wildman–Crippen LogP) is 2.26. The summed E-state index contributed by atoms with van der Waals surface area (Å²) in [5, 5.41) is 2.85. The van der Waals surface area contributed by atoms with Gasteiger partial charge in [-0.25, -0.2) is 9.18 Å². The maximum atomic E-state index is 12.7. The molecule has 1 aliphatic rings. The third-order valence-corrected chi connectivity index (χ3v) is 2.34. The van der Waals surface area contributed by atoms with Crippen molar-refractivity contribution in [1.29, 1.82) is 0 Å².